The van der Waals surface area contributed by atoms with Crippen LogP contribution in [0.5, 0.6) is 0 Å². The number of hydrogen-bond acceptors (Lipinski definition) is 4. The second-order valence-electron chi connectivity index (χ2n) is 4.59. The highest BCUT2D eigenvalue weighted by molar-refractivity contribution is 6.30. The number of amides is 1. The SMILES string of the molecule is Cc1c(C(=O)NCC(C)O)nnn1-c1ccc(Cl)cc1F. The summed E-state index contributed by atoms with van der Waals surface area (Å²) in [5.74, 6) is -1.04. The molecule has 1 amide bonds. The predicted octanol–water partition coefficient (Wildman–Crippen LogP) is 1.48. The number of nitrogens with zero attached hydrogens (tertiary/aromatic N) is 3. The zero-order valence-corrected chi connectivity index (χ0v) is 12.2. The van der Waals surface area contributed by atoms with Crippen LogP contribution >= 0.6 is 11.6 Å². The Morgan fingerprint density at radius 3 is 2.90 bits per heavy atom. The maximum atomic E-state index is 13.9. The molecule has 1 heterocycles. The molecule has 1 unspecified atom stereocenters. The molecule has 0 aliphatic heterocycles. The van der Waals surface area contributed by atoms with Gasteiger partial charge in [0.25, 0.3) is 5.91 Å². The van der Waals surface area contributed by atoms with Crippen molar-refractivity contribution < 1.29 is 14.3 Å². The summed E-state index contributed by atoms with van der Waals surface area (Å²) in [7, 11) is 0. The third kappa shape index (κ3) is 3.37. The lowest BCUT2D eigenvalue weighted by molar-refractivity contribution is 0.0918. The van der Waals surface area contributed by atoms with Gasteiger partial charge in [-0.05, 0) is 32.0 Å². The van der Waals surface area contributed by atoms with Gasteiger partial charge in [0.15, 0.2) is 5.69 Å². The lowest BCUT2D eigenvalue weighted by Gasteiger charge is -2.07. The van der Waals surface area contributed by atoms with Crippen LogP contribution in [0.2, 0.25) is 5.02 Å². The normalized spacial score (nSPS) is 12.2. The van der Waals surface area contributed by atoms with E-state index < -0.39 is 17.8 Å². The number of halogens is 2. The standard InChI is InChI=1S/C13H14ClFN4O2/c1-7(20)6-16-13(21)12-8(2)19(18-17-12)11-4-3-9(14)5-10(11)15/h3-5,7,20H,6H2,1-2H3,(H,16,21). The summed E-state index contributed by atoms with van der Waals surface area (Å²) >= 11 is 5.70. The van der Waals surface area contributed by atoms with Crippen LogP contribution in [0.15, 0.2) is 18.2 Å². The first-order chi connectivity index (χ1) is 9.90. The second-order valence-corrected chi connectivity index (χ2v) is 5.03. The van der Waals surface area contributed by atoms with E-state index in [1.807, 2.05) is 0 Å². The largest absolute Gasteiger partial charge is 0.392 e. The molecule has 0 saturated heterocycles. The summed E-state index contributed by atoms with van der Waals surface area (Å²) in [6, 6.07) is 4.14. The zero-order valence-electron chi connectivity index (χ0n) is 11.5. The van der Waals surface area contributed by atoms with Gasteiger partial charge in [0.05, 0.1) is 11.8 Å². The summed E-state index contributed by atoms with van der Waals surface area (Å²) < 4.78 is 15.1. The molecule has 1 atom stereocenters. The van der Waals surface area contributed by atoms with E-state index in [1.54, 1.807) is 13.8 Å². The van der Waals surface area contributed by atoms with Crippen molar-refractivity contribution in [2.24, 2.45) is 0 Å². The van der Waals surface area contributed by atoms with Gasteiger partial charge in [-0.15, -0.1) is 5.10 Å². The number of carbonyl (C=O) groups is 1. The predicted molar refractivity (Wildman–Crippen MR) is 75.1 cm³/mol. The molecule has 112 valence electrons. The summed E-state index contributed by atoms with van der Waals surface area (Å²) in [4.78, 5) is 11.9. The van der Waals surface area contributed by atoms with Gasteiger partial charge < -0.3 is 10.4 Å². The minimum Gasteiger partial charge on any atom is -0.392 e. The first-order valence-corrected chi connectivity index (χ1v) is 6.62. The minimum atomic E-state index is -0.669. The van der Waals surface area contributed by atoms with Crippen LogP contribution in [0.4, 0.5) is 4.39 Å². The molecular formula is C13H14ClFN4O2. The maximum absolute atomic E-state index is 13.9. The van der Waals surface area contributed by atoms with Crippen LogP contribution < -0.4 is 5.32 Å². The fraction of sp³-hybridized carbons (Fsp3) is 0.308. The number of carbonyl (C=O) groups excluding carboxylic acids is 1. The van der Waals surface area contributed by atoms with Crippen molar-refractivity contribution in [2.75, 3.05) is 6.54 Å². The number of aliphatic hydroxyl groups excluding tert-OH is 1. The van der Waals surface area contributed by atoms with Crippen molar-refractivity contribution >= 4 is 17.5 Å². The molecule has 2 aromatic rings. The second kappa shape index (κ2) is 6.19. The summed E-state index contributed by atoms with van der Waals surface area (Å²) in [6.07, 6.45) is -0.669. The Hall–Kier alpha value is -1.99. The maximum Gasteiger partial charge on any atom is 0.273 e. The van der Waals surface area contributed by atoms with Crippen molar-refractivity contribution in [3.05, 3.63) is 40.4 Å². The number of nitrogens with one attached hydrogen (secondary N) is 1. The number of hydrogen-bond donors (Lipinski definition) is 2. The van der Waals surface area contributed by atoms with Crippen LogP contribution in [-0.4, -0.2) is 38.7 Å². The number of aromatic nitrogens is 3. The van der Waals surface area contributed by atoms with E-state index in [0.717, 1.165) is 6.07 Å². The van der Waals surface area contributed by atoms with Crippen molar-refractivity contribution in [1.82, 2.24) is 20.3 Å². The highest BCUT2D eigenvalue weighted by Crippen LogP contribution is 2.19. The quantitative estimate of drug-likeness (QED) is 0.896. The van der Waals surface area contributed by atoms with Gasteiger partial charge in [-0.2, -0.15) is 0 Å². The minimum absolute atomic E-state index is 0.0741. The number of aliphatic hydroxyl groups is 1. The molecule has 2 N–H and O–H groups in total. The topological polar surface area (TPSA) is 80.0 Å². The van der Waals surface area contributed by atoms with Gasteiger partial charge in [0.2, 0.25) is 0 Å². The van der Waals surface area contributed by atoms with E-state index in [4.69, 9.17) is 16.7 Å². The summed E-state index contributed by atoms with van der Waals surface area (Å²) in [6.45, 7) is 3.25. The molecule has 0 saturated carbocycles. The third-order valence-corrected chi connectivity index (χ3v) is 3.04. The Labute approximate surface area is 125 Å². The molecule has 0 aliphatic carbocycles. The molecule has 1 aromatic heterocycles. The molecule has 8 heteroatoms. The average Bonchev–Trinajstić information content (AvgIpc) is 2.78. The molecule has 0 radical (unpaired) electrons. The van der Waals surface area contributed by atoms with Gasteiger partial charge in [-0.1, -0.05) is 16.8 Å². The average molecular weight is 313 g/mol. The molecule has 2 rings (SSSR count). The smallest absolute Gasteiger partial charge is 0.273 e. The first-order valence-electron chi connectivity index (χ1n) is 6.24. The summed E-state index contributed by atoms with van der Waals surface area (Å²) in [5, 5.41) is 19.5. The lowest BCUT2D eigenvalue weighted by Crippen LogP contribution is -2.31. The van der Waals surface area contributed by atoms with Crippen LogP contribution in [0, 0.1) is 12.7 Å². The van der Waals surface area contributed by atoms with Crippen molar-refractivity contribution in [3.63, 3.8) is 0 Å². The van der Waals surface area contributed by atoms with Crippen molar-refractivity contribution in [1.29, 1.82) is 0 Å². The molecule has 0 bridgehead atoms. The van der Waals surface area contributed by atoms with Crippen molar-refractivity contribution in [2.45, 2.75) is 20.0 Å². The molecular weight excluding hydrogens is 299 g/mol. The molecule has 1 aromatic carbocycles. The Kier molecular flexibility index (Phi) is 4.54. The fourth-order valence-corrected chi connectivity index (χ4v) is 1.90. The highest BCUT2D eigenvalue weighted by atomic mass is 35.5. The van der Waals surface area contributed by atoms with E-state index in [0.29, 0.717) is 5.69 Å². The van der Waals surface area contributed by atoms with E-state index in [1.165, 1.54) is 16.8 Å². The van der Waals surface area contributed by atoms with Crippen LogP contribution in [0.25, 0.3) is 5.69 Å². The van der Waals surface area contributed by atoms with Gasteiger partial charge in [-0.25, -0.2) is 9.07 Å². The molecule has 6 nitrogen and oxygen atoms in total. The zero-order chi connectivity index (χ0) is 15.6. The van der Waals surface area contributed by atoms with Crippen LogP contribution in [0.1, 0.15) is 23.1 Å². The Bertz CT molecular complexity index is 672. The number of rotatable bonds is 4. The monoisotopic (exact) mass is 312 g/mol. The lowest BCUT2D eigenvalue weighted by atomic mass is 10.2. The molecule has 0 spiro atoms. The van der Waals surface area contributed by atoms with E-state index in [9.17, 15) is 9.18 Å². The van der Waals surface area contributed by atoms with E-state index in [2.05, 4.69) is 15.6 Å². The van der Waals surface area contributed by atoms with Gasteiger partial charge in [0.1, 0.15) is 11.5 Å². The number of benzene rings is 1. The molecule has 21 heavy (non-hydrogen) atoms. The van der Waals surface area contributed by atoms with Gasteiger partial charge >= 0.3 is 0 Å². The Morgan fingerprint density at radius 2 is 2.29 bits per heavy atom. The third-order valence-electron chi connectivity index (χ3n) is 2.81. The molecule has 0 aliphatic rings. The van der Waals surface area contributed by atoms with Crippen LogP contribution in [-0.2, 0) is 0 Å². The van der Waals surface area contributed by atoms with Crippen LogP contribution in [0.3, 0.4) is 0 Å². The Morgan fingerprint density at radius 1 is 1.57 bits per heavy atom. The molecule has 0 fully saturated rings. The first kappa shape index (κ1) is 15.4. The fourth-order valence-electron chi connectivity index (χ4n) is 1.74. The van der Waals surface area contributed by atoms with E-state index >= 15 is 0 Å². The Balaban J connectivity index is 2.30. The highest BCUT2D eigenvalue weighted by Gasteiger charge is 2.19. The van der Waals surface area contributed by atoms with Crippen molar-refractivity contribution in [3.8, 4) is 5.69 Å². The van der Waals surface area contributed by atoms with E-state index in [-0.39, 0.29) is 22.9 Å². The van der Waals surface area contributed by atoms with Gasteiger partial charge in [0, 0.05) is 11.6 Å². The van der Waals surface area contributed by atoms with Gasteiger partial charge in [-0.3, -0.25) is 4.79 Å². The summed E-state index contributed by atoms with van der Waals surface area (Å²) in [5.41, 5.74) is 0.614.